The summed E-state index contributed by atoms with van der Waals surface area (Å²) in [5.41, 5.74) is 6.38. The van der Waals surface area contributed by atoms with E-state index in [2.05, 4.69) is 42.2 Å². The van der Waals surface area contributed by atoms with Crippen molar-refractivity contribution in [3.05, 3.63) is 70.9 Å². The average molecular weight is 432 g/mol. The summed E-state index contributed by atoms with van der Waals surface area (Å²) in [7, 11) is 4.06. The molecule has 2 aromatic carbocycles. The molecule has 0 spiro atoms. The monoisotopic (exact) mass is 431 g/mol. The van der Waals surface area contributed by atoms with Gasteiger partial charge in [0.25, 0.3) is 0 Å². The number of carbonyl (C=O) groups excluding carboxylic acids is 1. The van der Waals surface area contributed by atoms with Crippen LogP contribution in [0.15, 0.2) is 48.5 Å². The summed E-state index contributed by atoms with van der Waals surface area (Å²) in [6.45, 7) is 6.12. The second kappa shape index (κ2) is 9.70. The van der Waals surface area contributed by atoms with Gasteiger partial charge in [-0.2, -0.15) is 0 Å². The maximum Gasteiger partial charge on any atom is 0.227 e. The predicted octanol–water partition coefficient (Wildman–Crippen LogP) is 4.67. The van der Waals surface area contributed by atoms with Gasteiger partial charge in [0.1, 0.15) is 0 Å². The molecule has 1 amide bonds. The fourth-order valence-corrected chi connectivity index (χ4v) is 4.50. The van der Waals surface area contributed by atoms with Gasteiger partial charge in [0, 0.05) is 50.6 Å². The number of ether oxygens (including phenoxy) is 1. The van der Waals surface area contributed by atoms with Gasteiger partial charge in [0.05, 0.1) is 18.0 Å². The number of para-hydroxylation sites is 1. The SMILES string of the molecule is Cc1nc2ccccc2c(C)c1CC(=O)N(Cc1ccc(N(C)C)cc1)C[C@H]1CCCO1. The molecule has 1 aliphatic rings. The molecule has 1 aliphatic heterocycles. The van der Waals surface area contributed by atoms with Gasteiger partial charge in [-0.3, -0.25) is 9.78 Å². The molecule has 1 saturated heterocycles. The minimum Gasteiger partial charge on any atom is -0.378 e. The zero-order chi connectivity index (χ0) is 22.7. The molecule has 32 heavy (non-hydrogen) atoms. The standard InChI is InChI=1S/C27H33N3O2/c1-19-24-9-5-6-10-26(24)28-20(2)25(19)16-27(31)30(18-23-8-7-15-32-23)17-21-11-13-22(14-12-21)29(3)4/h5-6,9-14,23H,7-8,15-18H2,1-4H3/t23-/m1/s1. The molecule has 0 N–H and O–H groups in total. The van der Waals surface area contributed by atoms with Gasteiger partial charge in [-0.05, 0) is 61.6 Å². The topological polar surface area (TPSA) is 45.7 Å². The normalized spacial score (nSPS) is 15.8. The van der Waals surface area contributed by atoms with Crippen LogP contribution in [-0.2, 0) is 22.5 Å². The van der Waals surface area contributed by atoms with Crippen molar-refractivity contribution in [3.8, 4) is 0 Å². The molecule has 3 aromatic rings. The van der Waals surface area contributed by atoms with Crippen LogP contribution in [0.1, 0.15) is 35.2 Å². The Hall–Kier alpha value is -2.92. The second-order valence-electron chi connectivity index (χ2n) is 8.96. The molecule has 2 heterocycles. The number of aromatic nitrogens is 1. The maximum atomic E-state index is 13.6. The number of hydrogen-bond donors (Lipinski definition) is 0. The molecule has 0 unspecified atom stereocenters. The van der Waals surface area contributed by atoms with E-state index in [9.17, 15) is 4.79 Å². The highest BCUT2D eigenvalue weighted by Crippen LogP contribution is 2.24. The number of fused-ring (bicyclic) bond motifs is 1. The highest BCUT2D eigenvalue weighted by Gasteiger charge is 2.24. The van der Waals surface area contributed by atoms with Gasteiger partial charge in [-0.15, -0.1) is 0 Å². The molecule has 0 radical (unpaired) electrons. The molecule has 1 fully saturated rings. The summed E-state index contributed by atoms with van der Waals surface area (Å²) in [5, 5.41) is 1.12. The lowest BCUT2D eigenvalue weighted by Crippen LogP contribution is -2.38. The van der Waals surface area contributed by atoms with E-state index >= 15 is 0 Å². The summed E-state index contributed by atoms with van der Waals surface area (Å²) >= 11 is 0. The lowest BCUT2D eigenvalue weighted by atomic mass is 9.99. The smallest absolute Gasteiger partial charge is 0.227 e. The van der Waals surface area contributed by atoms with E-state index in [0.29, 0.717) is 19.5 Å². The summed E-state index contributed by atoms with van der Waals surface area (Å²) in [6.07, 6.45) is 2.56. The van der Waals surface area contributed by atoms with E-state index in [1.807, 2.05) is 44.1 Å². The Morgan fingerprint density at radius 3 is 2.53 bits per heavy atom. The molecule has 5 nitrogen and oxygen atoms in total. The number of rotatable bonds is 7. The number of hydrogen-bond acceptors (Lipinski definition) is 4. The van der Waals surface area contributed by atoms with E-state index in [0.717, 1.165) is 58.4 Å². The van der Waals surface area contributed by atoms with Crippen molar-refractivity contribution >= 4 is 22.5 Å². The van der Waals surface area contributed by atoms with Crippen LogP contribution in [0.25, 0.3) is 10.9 Å². The van der Waals surface area contributed by atoms with Crippen LogP contribution in [-0.4, -0.2) is 49.1 Å². The van der Waals surface area contributed by atoms with Crippen LogP contribution >= 0.6 is 0 Å². The minimum atomic E-state index is 0.122. The van der Waals surface area contributed by atoms with E-state index in [1.54, 1.807) is 0 Å². The number of aryl methyl sites for hydroxylation is 2. The molecule has 5 heteroatoms. The number of carbonyl (C=O) groups is 1. The summed E-state index contributed by atoms with van der Waals surface area (Å²) in [5.74, 6) is 0.125. The molecular weight excluding hydrogens is 398 g/mol. The van der Waals surface area contributed by atoms with Gasteiger partial charge in [-0.1, -0.05) is 30.3 Å². The highest BCUT2D eigenvalue weighted by atomic mass is 16.5. The molecule has 0 bridgehead atoms. The largest absolute Gasteiger partial charge is 0.378 e. The first kappa shape index (κ1) is 22.3. The number of nitrogens with zero attached hydrogens (tertiary/aromatic N) is 3. The van der Waals surface area contributed by atoms with Crippen LogP contribution in [0.5, 0.6) is 0 Å². The fraction of sp³-hybridized carbons (Fsp3) is 0.407. The number of benzene rings is 2. The van der Waals surface area contributed by atoms with Gasteiger partial charge >= 0.3 is 0 Å². The summed E-state index contributed by atoms with van der Waals surface area (Å²) < 4.78 is 5.86. The Morgan fingerprint density at radius 1 is 1.09 bits per heavy atom. The fourth-order valence-electron chi connectivity index (χ4n) is 4.50. The van der Waals surface area contributed by atoms with Crippen molar-refractivity contribution in [1.82, 2.24) is 9.88 Å². The number of pyridine rings is 1. The predicted molar refractivity (Wildman–Crippen MR) is 130 cm³/mol. The zero-order valence-corrected chi connectivity index (χ0v) is 19.6. The van der Waals surface area contributed by atoms with Gasteiger partial charge < -0.3 is 14.5 Å². The molecule has 168 valence electrons. The Balaban J connectivity index is 1.58. The zero-order valence-electron chi connectivity index (χ0n) is 19.6. The summed E-state index contributed by atoms with van der Waals surface area (Å²) in [6, 6.07) is 16.6. The van der Waals surface area contributed by atoms with Gasteiger partial charge in [0.2, 0.25) is 5.91 Å². The van der Waals surface area contributed by atoms with Crippen molar-refractivity contribution in [1.29, 1.82) is 0 Å². The Labute approximate surface area is 191 Å². The van der Waals surface area contributed by atoms with E-state index < -0.39 is 0 Å². The molecule has 0 saturated carbocycles. The van der Waals surface area contributed by atoms with E-state index in [4.69, 9.17) is 9.72 Å². The van der Waals surface area contributed by atoms with Gasteiger partial charge in [-0.25, -0.2) is 0 Å². The molecule has 1 aromatic heterocycles. The summed E-state index contributed by atoms with van der Waals surface area (Å²) in [4.78, 5) is 22.4. The van der Waals surface area contributed by atoms with Crippen molar-refractivity contribution < 1.29 is 9.53 Å². The average Bonchev–Trinajstić information content (AvgIpc) is 3.29. The van der Waals surface area contributed by atoms with Crippen LogP contribution in [0.2, 0.25) is 0 Å². The first-order chi connectivity index (χ1) is 15.4. The molecule has 1 atom stereocenters. The number of anilines is 1. The van der Waals surface area contributed by atoms with Crippen molar-refractivity contribution in [2.45, 2.75) is 45.8 Å². The lowest BCUT2D eigenvalue weighted by molar-refractivity contribution is -0.132. The second-order valence-corrected chi connectivity index (χ2v) is 8.96. The van der Waals surface area contributed by atoms with E-state index in [1.165, 1.54) is 0 Å². The third-order valence-electron chi connectivity index (χ3n) is 6.44. The first-order valence-electron chi connectivity index (χ1n) is 11.4. The van der Waals surface area contributed by atoms with Crippen LogP contribution in [0.4, 0.5) is 5.69 Å². The third-order valence-corrected chi connectivity index (χ3v) is 6.44. The minimum absolute atomic E-state index is 0.122. The first-order valence-corrected chi connectivity index (χ1v) is 11.4. The highest BCUT2D eigenvalue weighted by molar-refractivity contribution is 5.86. The molecule has 4 rings (SSSR count). The van der Waals surface area contributed by atoms with Crippen LogP contribution in [0.3, 0.4) is 0 Å². The molecular formula is C27H33N3O2. The van der Waals surface area contributed by atoms with Crippen molar-refractivity contribution in [2.75, 3.05) is 32.1 Å². The lowest BCUT2D eigenvalue weighted by Gasteiger charge is -2.27. The quantitative estimate of drug-likeness (QED) is 0.545. The third kappa shape index (κ3) is 4.94. The number of amides is 1. The van der Waals surface area contributed by atoms with Crippen molar-refractivity contribution in [2.24, 2.45) is 0 Å². The Morgan fingerprint density at radius 2 is 1.84 bits per heavy atom. The van der Waals surface area contributed by atoms with Crippen molar-refractivity contribution in [3.63, 3.8) is 0 Å². The maximum absolute atomic E-state index is 13.6. The Bertz CT molecular complexity index is 1090. The van der Waals surface area contributed by atoms with Gasteiger partial charge in [0.15, 0.2) is 0 Å². The van der Waals surface area contributed by atoms with E-state index in [-0.39, 0.29) is 12.0 Å². The molecule has 0 aliphatic carbocycles. The van der Waals surface area contributed by atoms with Crippen LogP contribution in [0, 0.1) is 13.8 Å². The Kier molecular flexibility index (Phi) is 6.75. The van der Waals surface area contributed by atoms with Crippen LogP contribution < -0.4 is 4.90 Å².